The molecule has 0 fully saturated rings. The Morgan fingerprint density at radius 3 is 2.57 bits per heavy atom. The first kappa shape index (κ1) is 15.0. The first-order valence-electron chi connectivity index (χ1n) is 5.96. The molecular weight excluding hydrogens is 297 g/mol. The monoisotopic (exact) mass is 311 g/mol. The highest BCUT2D eigenvalue weighted by atomic mass is 32.2. The fraction of sp³-hybridized carbons (Fsp3) is 0.154. The zero-order chi connectivity index (χ0) is 15.8. The lowest BCUT2D eigenvalue weighted by Crippen LogP contribution is -2.19. The van der Waals surface area contributed by atoms with Gasteiger partial charge >= 0.3 is 0 Å². The standard InChI is InChI=1S/C13H14FN3O3S/c1-8-11(14)5-9(15)6-12(8)21(19,20)16-10-3-4-13(18)17(2)7-10/h3-7,16H,15H2,1-2H3. The van der Waals surface area contributed by atoms with Gasteiger partial charge in [0.05, 0.1) is 10.6 Å². The third kappa shape index (κ3) is 3.05. The van der Waals surface area contributed by atoms with Gasteiger partial charge in [-0.2, -0.15) is 0 Å². The number of aryl methyl sites for hydroxylation is 1. The summed E-state index contributed by atoms with van der Waals surface area (Å²) in [6.07, 6.45) is 1.33. The number of aromatic nitrogens is 1. The van der Waals surface area contributed by atoms with Crippen LogP contribution < -0.4 is 16.0 Å². The molecular formula is C13H14FN3O3S. The third-order valence-electron chi connectivity index (χ3n) is 2.95. The van der Waals surface area contributed by atoms with Gasteiger partial charge in [0.15, 0.2) is 0 Å². The van der Waals surface area contributed by atoms with E-state index in [2.05, 4.69) is 4.72 Å². The van der Waals surface area contributed by atoms with E-state index in [1.165, 1.54) is 42.9 Å². The number of rotatable bonds is 3. The molecule has 1 heterocycles. The van der Waals surface area contributed by atoms with Crippen LogP contribution in [0.5, 0.6) is 0 Å². The van der Waals surface area contributed by atoms with Crippen molar-refractivity contribution in [3.05, 3.63) is 52.2 Å². The molecule has 6 nitrogen and oxygen atoms in total. The average molecular weight is 311 g/mol. The minimum Gasteiger partial charge on any atom is -0.399 e. The molecule has 0 saturated carbocycles. The zero-order valence-electron chi connectivity index (χ0n) is 11.4. The molecule has 0 aliphatic carbocycles. The summed E-state index contributed by atoms with van der Waals surface area (Å²) in [5.41, 5.74) is 5.39. The van der Waals surface area contributed by atoms with E-state index >= 15 is 0 Å². The summed E-state index contributed by atoms with van der Waals surface area (Å²) in [6, 6.07) is 4.80. The number of nitrogens with one attached hydrogen (secondary N) is 1. The fourth-order valence-corrected chi connectivity index (χ4v) is 3.15. The predicted octanol–water partition coefficient (Wildman–Crippen LogP) is 1.22. The van der Waals surface area contributed by atoms with Crippen molar-refractivity contribution in [2.45, 2.75) is 11.8 Å². The maximum atomic E-state index is 13.6. The van der Waals surface area contributed by atoms with Crippen molar-refractivity contribution < 1.29 is 12.8 Å². The maximum absolute atomic E-state index is 13.6. The van der Waals surface area contributed by atoms with E-state index in [-0.39, 0.29) is 27.4 Å². The zero-order valence-corrected chi connectivity index (χ0v) is 12.2. The van der Waals surface area contributed by atoms with Crippen LogP contribution in [0.1, 0.15) is 5.56 Å². The van der Waals surface area contributed by atoms with Gasteiger partial charge in [-0.1, -0.05) is 0 Å². The number of anilines is 2. The second kappa shape index (κ2) is 5.21. The lowest BCUT2D eigenvalue weighted by atomic mass is 10.2. The van der Waals surface area contributed by atoms with E-state index in [0.717, 1.165) is 6.07 Å². The van der Waals surface area contributed by atoms with E-state index in [0.29, 0.717) is 0 Å². The molecule has 112 valence electrons. The Balaban J connectivity index is 2.48. The molecule has 2 aromatic rings. The van der Waals surface area contributed by atoms with Gasteiger partial charge in [-0.25, -0.2) is 12.8 Å². The van der Waals surface area contributed by atoms with E-state index < -0.39 is 15.8 Å². The van der Waals surface area contributed by atoms with Crippen LogP contribution >= 0.6 is 0 Å². The smallest absolute Gasteiger partial charge is 0.262 e. The summed E-state index contributed by atoms with van der Waals surface area (Å²) in [4.78, 5) is 11.0. The van der Waals surface area contributed by atoms with Crippen molar-refractivity contribution in [1.29, 1.82) is 0 Å². The quantitative estimate of drug-likeness (QED) is 0.833. The minimum atomic E-state index is -4.00. The molecule has 0 bridgehead atoms. The number of halogens is 1. The first-order chi connectivity index (χ1) is 9.70. The van der Waals surface area contributed by atoms with Crippen molar-refractivity contribution in [1.82, 2.24) is 4.57 Å². The molecule has 1 aromatic heterocycles. The summed E-state index contributed by atoms with van der Waals surface area (Å²) in [5.74, 6) is -0.698. The Hall–Kier alpha value is -2.35. The molecule has 8 heteroatoms. The number of pyridine rings is 1. The Morgan fingerprint density at radius 2 is 1.95 bits per heavy atom. The van der Waals surface area contributed by atoms with Gasteiger partial charge < -0.3 is 10.3 Å². The fourth-order valence-electron chi connectivity index (χ4n) is 1.82. The summed E-state index contributed by atoms with van der Waals surface area (Å²) in [6.45, 7) is 1.35. The molecule has 0 atom stereocenters. The summed E-state index contributed by atoms with van der Waals surface area (Å²) in [7, 11) is -2.51. The topological polar surface area (TPSA) is 94.2 Å². The summed E-state index contributed by atoms with van der Waals surface area (Å²) in [5, 5.41) is 0. The molecule has 0 aliphatic heterocycles. The molecule has 0 spiro atoms. The first-order valence-corrected chi connectivity index (χ1v) is 7.44. The third-order valence-corrected chi connectivity index (χ3v) is 4.45. The Bertz CT molecular complexity index is 859. The Labute approximate surface area is 121 Å². The van der Waals surface area contributed by atoms with Crippen LogP contribution in [0.2, 0.25) is 0 Å². The number of nitrogens with two attached hydrogens (primary N) is 1. The van der Waals surface area contributed by atoms with Gasteiger partial charge in [-0.3, -0.25) is 9.52 Å². The van der Waals surface area contributed by atoms with E-state index in [1.807, 2.05) is 0 Å². The highest BCUT2D eigenvalue weighted by Gasteiger charge is 2.20. The number of benzene rings is 1. The van der Waals surface area contributed by atoms with Crippen LogP contribution in [0.25, 0.3) is 0 Å². The number of hydrogen-bond acceptors (Lipinski definition) is 4. The second-order valence-corrected chi connectivity index (χ2v) is 6.25. The molecule has 0 radical (unpaired) electrons. The number of nitrogen functional groups attached to an aromatic ring is 1. The second-order valence-electron chi connectivity index (χ2n) is 4.60. The lowest BCUT2D eigenvalue weighted by Gasteiger charge is -2.12. The number of nitrogens with zero attached hydrogens (tertiary/aromatic N) is 1. The van der Waals surface area contributed by atoms with Crippen LogP contribution in [0.15, 0.2) is 40.2 Å². The van der Waals surface area contributed by atoms with Crippen LogP contribution in [-0.4, -0.2) is 13.0 Å². The highest BCUT2D eigenvalue weighted by molar-refractivity contribution is 7.92. The predicted molar refractivity (Wildman–Crippen MR) is 78.0 cm³/mol. The summed E-state index contributed by atoms with van der Waals surface area (Å²) < 4.78 is 41.7. The molecule has 3 N–H and O–H groups in total. The number of hydrogen-bond donors (Lipinski definition) is 2. The maximum Gasteiger partial charge on any atom is 0.262 e. The van der Waals surface area contributed by atoms with Crippen molar-refractivity contribution in [3.63, 3.8) is 0 Å². The molecule has 2 rings (SSSR count). The normalized spacial score (nSPS) is 11.4. The van der Waals surface area contributed by atoms with Gasteiger partial charge in [-0.05, 0) is 25.1 Å². The molecule has 1 aromatic carbocycles. The van der Waals surface area contributed by atoms with E-state index in [9.17, 15) is 17.6 Å². The van der Waals surface area contributed by atoms with Crippen molar-refractivity contribution >= 4 is 21.4 Å². The van der Waals surface area contributed by atoms with Crippen LogP contribution in [0, 0.1) is 12.7 Å². The molecule has 21 heavy (non-hydrogen) atoms. The molecule has 0 aliphatic rings. The van der Waals surface area contributed by atoms with Crippen LogP contribution in [0.3, 0.4) is 0 Å². The van der Waals surface area contributed by atoms with E-state index in [4.69, 9.17) is 5.73 Å². The van der Waals surface area contributed by atoms with Gasteiger partial charge in [0.2, 0.25) is 5.56 Å². The molecule has 0 unspecified atom stereocenters. The largest absolute Gasteiger partial charge is 0.399 e. The average Bonchev–Trinajstić information content (AvgIpc) is 2.37. The lowest BCUT2D eigenvalue weighted by molar-refractivity contribution is 0.591. The van der Waals surface area contributed by atoms with Crippen molar-refractivity contribution in [3.8, 4) is 0 Å². The van der Waals surface area contributed by atoms with Gasteiger partial charge in [0.25, 0.3) is 10.0 Å². The van der Waals surface area contributed by atoms with Crippen LogP contribution in [-0.2, 0) is 17.1 Å². The Morgan fingerprint density at radius 1 is 1.29 bits per heavy atom. The van der Waals surface area contributed by atoms with E-state index in [1.54, 1.807) is 0 Å². The van der Waals surface area contributed by atoms with Crippen molar-refractivity contribution in [2.24, 2.45) is 7.05 Å². The summed E-state index contributed by atoms with van der Waals surface area (Å²) >= 11 is 0. The minimum absolute atomic E-state index is 0.0129. The number of sulfonamides is 1. The highest BCUT2D eigenvalue weighted by Crippen LogP contribution is 2.23. The van der Waals surface area contributed by atoms with Crippen molar-refractivity contribution in [2.75, 3.05) is 10.5 Å². The SMILES string of the molecule is Cc1c(F)cc(N)cc1S(=O)(=O)Nc1ccc(=O)n(C)c1. The molecule has 0 saturated heterocycles. The Kier molecular flexibility index (Phi) is 3.73. The molecule has 0 amide bonds. The van der Waals surface area contributed by atoms with Gasteiger partial charge in [0.1, 0.15) is 5.82 Å². The van der Waals surface area contributed by atoms with Gasteiger partial charge in [0, 0.05) is 30.6 Å². The van der Waals surface area contributed by atoms with Crippen LogP contribution in [0.4, 0.5) is 15.8 Å². The van der Waals surface area contributed by atoms with Gasteiger partial charge in [-0.15, -0.1) is 0 Å².